The molecule has 1 aliphatic heterocycles. The van der Waals surface area contributed by atoms with Crippen LogP contribution in [0, 0.1) is 13.8 Å². The molecule has 22 heavy (non-hydrogen) atoms. The van der Waals surface area contributed by atoms with Crippen molar-refractivity contribution in [1.29, 1.82) is 0 Å². The molecule has 0 bridgehead atoms. The molecule has 0 saturated carbocycles. The highest BCUT2D eigenvalue weighted by Gasteiger charge is 2.22. The summed E-state index contributed by atoms with van der Waals surface area (Å²) in [6, 6.07) is 7.09. The number of aryl methyl sites for hydroxylation is 1. The van der Waals surface area contributed by atoms with E-state index in [1.807, 2.05) is 13.8 Å². The van der Waals surface area contributed by atoms with Crippen LogP contribution in [-0.2, 0) is 4.79 Å². The Labute approximate surface area is 136 Å². The Kier molecular flexibility index (Phi) is 4.08. The number of halogens is 1. The molecular formula is C14H12ClN5OS. The van der Waals surface area contributed by atoms with Crippen molar-refractivity contribution in [2.45, 2.75) is 13.8 Å². The summed E-state index contributed by atoms with van der Waals surface area (Å²) in [5, 5.41) is 14.1. The van der Waals surface area contributed by atoms with Gasteiger partial charge in [0.15, 0.2) is 5.17 Å². The van der Waals surface area contributed by atoms with Crippen LogP contribution in [0.1, 0.15) is 11.4 Å². The van der Waals surface area contributed by atoms with Crippen LogP contribution < -0.4 is 0 Å². The summed E-state index contributed by atoms with van der Waals surface area (Å²) >= 11 is 6.93. The SMILES string of the molecule is Cc1nn(C2=NCC(=O)S2)c(C)c1N=Nc1ccc(Cl)cc1. The molecule has 0 atom stereocenters. The average Bonchev–Trinajstić information content (AvgIpc) is 3.03. The molecule has 0 radical (unpaired) electrons. The second kappa shape index (κ2) is 6.02. The third-order valence-electron chi connectivity index (χ3n) is 3.07. The van der Waals surface area contributed by atoms with Gasteiger partial charge in [-0.25, -0.2) is 4.68 Å². The molecule has 0 spiro atoms. The van der Waals surface area contributed by atoms with E-state index in [1.54, 1.807) is 28.9 Å². The molecule has 0 fully saturated rings. The van der Waals surface area contributed by atoms with Crippen LogP contribution in [0.2, 0.25) is 5.02 Å². The fourth-order valence-electron chi connectivity index (χ4n) is 1.99. The summed E-state index contributed by atoms with van der Waals surface area (Å²) in [5.41, 5.74) is 2.92. The van der Waals surface area contributed by atoms with Crippen molar-refractivity contribution in [1.82, 2.24) is 9.78 Å². The van der Waals surface area contributed by atoms with Gasteiger partial charge in [0, 0.05) is 5.02 Å². The lowest BCUT2D eigenvalue weighted by Gasteiger charge is -2.00. The fraction of sp³-hybridized carbons (Fsp3) is 0.214. The Morgan fingerprint density at radius 3 is 2.59 bits per heavy atom. The monoisotopic (exact) mass is 333 g/mol. The number of hydrogen-bond acceptors (Lipinski definition) is 6. The molecule has 0 aliphatic carbocycles. The largest absolute Gasteiger partial charge is 0.285 e. The normalized spacial score (nSPS) is 14.9. The van der Waals surface area contributed by atoms with Crippen LogP contribution in [0.5, 0.6) is 0 Å². The summed E-state index contributed by atoms with van der Waals surface area (Å²) in [7, 11) is 0. The van der Waals surface area contributed by atoms with Gasteiger partial charge in [-0.1, -0.05) is 11.6 Å². The van der Waals surface area contributed by atoms with Gasteiger partial charge in [0.2, 0.25) is 5.12 Å². The van der Waals surface area contributed by atoms with E-state index in [-0.39, 0.29) is 11.7 Å². The van der Waals surface area contributed by atoms with Gasteiger partial charge in [-0.2, -0.15) is 10.2 Å². The number of carbonyl (C=O) groups excluding carboxylic acids is 1. The topological polar surface area (TPSA) is 72.0 Å². The van der Waals surface area contributed by atoms with Crippen molar-refractivity contribution in [3.63, 3.8) is 0 Å². The molecule has 1 aromatic heterocycles. The fourth-order valence-corrected chi connectivity index (χ4v) is 2.84. The predicted octanol–water partition coefficient (Wildman–Crippen LogP) is 4.05. The zero-order chi connectivity index (χ0) is 15.7. The number of thioether (sulfide) groups is 1. The van der Waals surface area contributed by atoms with Crippen LogP contribution >= 0.6 is 23.4 Å². The summed E-state index contributed by atoms with van der Waals surface area (Å²) < 4.78 is 1.64. The second-order valence-electron chi connectivity index (χ2n) is 4.68. The number of carbonyl (C=O) groups is 1. The number of hydrogen-bond donors (Lipinski definition) is 0. The van der Waals surface area contributed by atoms with Gasteiger partial charge in [0.25, 0.3) is 0 Å². The number of aromatic nitrogens is 2. The van der Waals surface area contributed by atoms with Gasteiger partial charge in [0.1, 0.15) is 12.2 Å². The van der Waals surface area contributed by atoms with E-state index in [4.69, 9.17) is 11.6 Å². The molecule has 6 nitrogen and oxygen atoms in total. The van der Waals surface area contributed by atoms with E-state index in [0.717, 1.165) is 23.1 Å². The maximum absolute atomic E-state index is 11.3. The van der Waals surface area contributed by atoms with Crippen LogP contribution in [0.25, 0.3) is 0 Å². The Bertz CT molecular complexity index is 794. The van der Waals surface area contributed by atoms with E-state index >= 15 is 0 Å². The van der Waals surface area contributed by atoms with Crippen molar-refractivity contribution in [3.8, 4) is 0 Å². The molecule has 3 rings (SSSR count). The molecule has 0 unspecified atom stereocenters. The highest BCUT2D eigenvalue weighted by atomic mass is 35.5. The molecule has 112 valence electrons. The summed E-state index contributed by atoms with van der Waals surface area (Å²) in [6.07, 6.45) is 0. The maximum Gasteiger partial charge on any atom is 0.218 e. The minimum atomic E-state index is 0.0203. The Balaban J connectivity index is 1.90. The van der Waals surface area contributed by atoms with Gasteiger partial charge in [-0.3, -0.25) is 9.79 Å². The van der Waals surface area contributed by atoms with E-state index in [2.05, 4.69) is 20.3 Å². The first-order valence-corrected chi connectivity index (χ1v) is 7.73. The van der Waals surface area contributed by atoms with Crippen molar-refractivity contribution in [3.05, 3.63) is 40.7 Å². The molecule has 8 heteroatoms. The highest BCUT2D eigenvalue weighted by Crippen LogP contribution is 2.28. The van der Waals surface area contributed by atoms with E-state index < -0.39 is 0 Å². The first-order valence-electron chi connectivity index (χ1n) is 6.53. The Morgan fingerprint density at radius 1 is 1.23 bits per heavy atom. The molecule has 0 N–H and O–H groups in total. The van der Waals surface area contributed by atoms with Crippen LogP contribution in [-0.4, -0.2) is 26.6 Å². The zero-order valence-electron chi connectivity index (χ0n) is 11.9. The standard InChI is InChI=1S/C14H12ClN5OS/c1-8-13(18-17-11-5-3-10(15)4-6-11)9(2)20(19-8)14-16-7-12(21)22-14/h3-6H,7H2,1-2H3. The summed E-state index contributed by atoms with van der Waals surface area (Å²) in [4.78, 5) is 15.5. The van der Waals surface area contributed by atoms with Crippen molar-refractivity contribution in [2.24, 2.45) is 15.2 Å². The third kappa shape index (κ3) is 2.95. The van der Waals surface area contributed by atoms with E-state index in [0.29, 0.717) is 21.6 Å². The lowest BCUT2D eigenvalue weighted by atomic mass is 10.3. The van der Waals surface area contributed by atoms with E-state index in [9.17, 15) is 4.79 Å². The van der Waals surface area contributed by atoms with Crippen LogP contribution in [0.15, 0.2) is 39.5 Å². The molecular weight excluding hydrogens is 322 g/mol. The van der Waals surface area contributed by atoms with Crippen molar-refractivity contribution in [2.75, 3.05) is 6.54 Å². The minimum Gasteiger partial charge on any atom is -0.285 e. The van der Waals surface area contributed by atoms with Gasteiger partial charge in [-0.05, 0) is 49.9 Å². The number of azo groups is 1. The average molecular weight is 334 g/mol. The quantitative estimate of drug-likeness (QED) is 0.778. The molecule has 2 aromatic rings. The van der Waals surface area contributed by atoms with Gasteiger partial charge in [-0.15, -0.1) is 5.11 Å². The van der Waals surface area contributed by atoms with Crippen LogP contribution in [0.3, 0.4) is 0 Å². The maximum atomic E-state index is 11.3. The third-order valence-corrected chi connectivity index (χ3v) is 4.17. The number of benzene rings is 1. The summed E-state index contributed by atoms with van der Waals surface area (Å²) in [6.45, 7) is 3.92. The second-order valence-corrected chi connectivity index (χ2v) is 6.14. The number of aliphatic imine (C=N–C) groups is 1. The first kappa shape index (κ1) is 14.9. The van der Waals surface area contributed by atoms with E-state index in [1.165, 1.54) is 0 Å². The van der Waals surface area contributed by atoms with Crippen molar-refractivity contribution >= 4 is 45.0 Å². The molecule has 0 amide bonds. The summed E-state index contributed by atoms with van der Waals surface area (Å²) in [5.74, 6) is 0. The molecule has 2 heterocycles. The zero-order valence-corrected chi connectivity index (χ0v) is 13.5. The smallest absolute Gasteiger partial charge is 0.218 e. The first-order chi connectivity index (χ1) is 10.5. The molecule has 1 aliphatic rings. The van der Waals surface area contributed by atoms with Crippen LogP contribution in [0.4, 0.5) is 11.4 Å². The highest BCUT2D eigenvalue weighted by molar-refractivity contribution is 8.26. The molecule has 1 aromatic carbocycles. The lowest BCUT2D eigenvalue weighted by molar-refractivity contribution is -0.109. The van der Waals surface area contributed by atoms with Gasteiger partial charge in [0.05, 0.1) is 17.1 Å². The number of rotatable bonds is 2. The predicted molar refractivity (Wildman–Crippen MR) is 87.6 cm³/mol. The van der Waals surface area contributed by atoms with Gasteiger partial charge < -0.3 is 0 Å². The molecule has 0 saturated heterocycles. The lowest BCUT2D eigenvalue weighted by Crippen LogP contribution is -2.09. The Morgan fingerprint density at radius 2 is 1.95 bits per heavy atom. The number of nitrogens with zero attached hydrogens (tertiary/aromatic N) is 5. The van der Waals surface area contributed by atoms with Gasteiger partial charge >= 0.3 is 0 Å². The van der Waals surface area contributed by atoms with Crippen molar-refractivity contribution < 1.29 is 4.79 Å². The Hall–Kier alpha value is -1.99. The minimum absolute atomic E-state index is 0.0203.